The fraction of sp³-hybridized carbons (Fsp3) is 0.903. The first-order valence-electron chi connectivity index (χ1n) is 14.6. The minimum atomic E-state index is -1.21. The van der Waals surface area contributed by atoms with Crippen molar-refractivity contribution in [1.29, 1.82) is 0 Å². The summed E-state index contributed by atoms with van der Waals surface area (Å²) in [4.78, 5) is 12.5. The SMILES string of the molecule is C=C(CCC(C)C1[C@@H](O)C[C@@]2(C)C3C(O)CC4C5(CC[C@H](O)[C@@]4(C)C(=O)O)CC35CC[C@]12C)C(C)C. The molecule has 0 radical (unpaired) electrons. The molecule has 36 heavy (non-hydrogen) atoms. The standard InChI is InChI=1S/C31H50O5/c1-17(2)18(3)8-9-19(4)24-21(33)15-28(6)25-20(32)14-22-29(7,26(35)36)23(34)10-11-30(22)16-31(25,30)13-12-27(24,28)5/h17,19-25,32-34H,3,8-16H2,1-2,4-7H3,(H,35,36)/t19?,20?,21-,22?,23-,24?,25?,27+,28-,29-,30?,31?/m0/s1. The Morgan fingerprint density at radius 2 is 1.64 bits per heavy atom. The predicted octanol–water partition coefficient (Wildman–Crippen LogP) is 5.42. The van der Waals surface area contributed by atoms with Crippen LogP contribution in [0.1, 0.15) is 99.3 Å². The molecule has 0 amide bonds. The van der Waals surface area contributed by atoms with Crippen LogP contribution in [-0.2, 0) is 4.79 Å². The van der Waals surface area contributed by atoms with Crippen molar-refractivity contribution in [2.45, 2.75) is 118 Å². The summed E-state index contributed by atoms with van der Waals surface area (Å²) in [6.45, 7) is 17.4. The normalized spacial score (nSPS) is 54.2. The van der Waals surface area contributed by atoms with E-state index in [1.54, 1.807) is 6.92 Å². The van der Waals surface area contributed by atoms with E-state index in [9.17, 15) is 25.2 Å². The van der Waals surface area contributed by atoms with Crippen molar-refractivity contribution in [2.75, 3.05) is 0 Å². The van der Waals surface area contributed by atoms with Gasteiger partial charge in [-0.15, -0.1) is 0 Å². The van der Waals surface area contributed by atoms with Crippen molar-refractivity contribution < 1.29 is 25.2 Å². The average Bonchev–Trinajstić information content (AvgIpc) is 3.38. The third kappa shape index (κ3) is 3.03. The number of hydrogen-bond donors (Lipinski definition) is 4. The molecule has 0 bridgehead atoms. The van der Waals surface area contributed by atoms with Gasteiger partial charge in [0.05, 0.1) is 23.7 Å². The van der Waals surface area contributed by atoms with Crippen LogP contribution in [0.3, 0.4) is 0 Å². The molecule has 204 valence electrons. The maximum atomic E-state index is 12.5. The Bertz CT molecular complexity index is 945. The Balaban J connectivity index is 1.47. The molecule has 12 atom stereocenters. The van der Waals surface area contributed by atoms with Crippen LogP contribution in [-0.4, -0.2) is 44.7 Å². The Labute approximate surface area is 217 Å². The van der Waals surface area contributed by atoms with Gasteiger partial charge in [0, 0.05) is 0 Å². The van der Waals surface area contributed by atoms with Crippen LogP contribution < -0.4 is 0 Å². The highest BCUT2D eigenvalue weighted by atomic mass is 16.4. The van der Waals surface area contributed by atoms with Gasteiger partial charge in [-0.25, -0.2) is 0 Å². The van der Waals surface area contributed by atoms with Gasteiger partial charge in [-0.05, 0) is 116 Å². The lowest BCUT2D eigenvalue weighted by atomic mass is 9.41. The summed E-state index contributed by atoms with van der Waals surface area (Å²) in [5.74, 6) is -0.0101. The highest BCUT2D eigenvalue weighted by Crippen LogP contribution is 2.89. The van der Waals surface area contributed by atoms with Gasteiger partial charge in [0.1, 0.15) is 0 Å². The first-order chi connectivity index (χ1) is 16.6. The molecule has 0 aliphatic heterocycles. The molecule has 0 aromatic rings. The lowest BCUT2D eigenvalue weighted by Gasteiger charge is -2.64. The monoisotopic (exact) mass is 502 g/mol. The molecule has 5 nitrogen and oxygen atoms in total. The molecule has 0 heterocycles. The van der Waals surface area contributed by atoms with Gasteiger partial charge in [-0.3, -0.25) is 4.79 Å². The van der Waals surface area contributed by atoms with Gasteiger partial charge < -0.3 is 20.4 Å². The highest BCUT2D eigenvalue weighted by Gasteiger charge is 2.85. The minimum absolute atomic E-state index is 0.0653. The highest BCUT2D eigenvalue weighted by molar-refractivity contribution is 5.76. The number of fused-ring (bicyclic) bond motifs is 2. The molecule has 5 fully saturated rings. The Morgan fingerprint density at radius 1 is 0.972 bits per heavy atom. The molecule has 0 aromatic carbocycles. The van der Waals surface area contributed by atoms with E-state index in [1.807, 2.05) is 0 Å². The van der Waals surface area contributed by atoms with Crippen LogP contribution in [0.25, 0.3) is 0 Å². The van der Waals surface area contributed by atoms with Crippen molar-refractivity contribution in [3.05, 3.63) is 12.2 Å². The Morgan fingerprint density at radius 3 is 2.25 bits per heavy atom. The maximum Gasteiger partial charge on any atom is 0.312 e. The van der Waals surface area contributed by atoms with E-state index in [0.29, 0.717) is 31.1 Å². The van der Waals surface area contributed by atoms with E-state index in [4.69, 9.17) is 0 Å². The molecule has 7 unspecified atom stereocenters. The second-order valence-electron chi connectivity index (χ2n) is 14.9. The zero-order chi connectivity index (χ0) is 26.6. The molecular formula is C31H50O5. The van der Waals surface area contributed by atoms with Crippen LogP contribution in [0.2, 0.25) is 0 Å². The topological polar surface area (TPSA) is 98.0 Å². The smallest absolute Gasteiger partial charge is 0.312 e. The molecule has 0 aromatic heterocycles. The lowest BCUT2D eigenvalue weighted by Crippen LogP contribution is -2.63. The van der Waals surface area contributed by atoms with Gasteiger partial charge in [0.15, 0.2) is 0 Å². The summed E-state index contributed by atoms with van der Waals surface area (Å²) < 4.78 is 0. The van der Waals surface area contributed by atoms with Gasteiger partial charge in [0.25, 0.3) is 0 Å². The fourth-order valence-electron chi connectivity index (χ4n) is 11.4. The minimum Gasteiger partial charge on any atom is -0.481 e. The van der Waals surface area contributed by atoms with Crippen LogP contribution in [0.4, 0.5) is 0 Å². The van der Waals surface area contributed by atoms with Gasteiger partial charge in [-0.2, -0.15) is 0 Å². The number of carbonyl (C=O) groups is 1. The van der Waals surface area contributed by atoms with Gasteiger partial charge >= 0.3 is 5.97 Å². The van der Waals surface area contributed by atoms with Gasteiger partial charge in [0.2, 0.25) is 0 Å². The maximum absolute atomic E-state index is 12.5. The van der Waals surface area contributed by atoms with Crippen molar-refractivity contribution >= 4 is 5.97 Å². The van der Waals surface area contributed by atoms with E-state index >= 15 is 0 Å². The molecule has 4 N–H and O–H groups in total. The molecule has 5 aliphatic carbocycles. The third-order valence-electron chi connectivity index (χ3n) is 13.6. The van der Waals surface area contributed by atoms with Crippen molar-refractivity contribution in [1.82, 2.24) is 0 Å². The summed E-state index contributed by atoms with van der Waals surface area (Å²) in [6.07, 6.45) is 5.72. The molecule has 5 aliphatic rings. The largest absolute Gasteiger partial charge is 0.481 e. The van der Waals surface area contributed by atoms with Crippen LogP contribution >= 0.6 is 0 Å². The average molecular weight is 503 g/mol. The first kappa shape index (κ1) is 26.7. The lowest BCUT2D eigenvalue weighted by molar-refractivity contribution is -0.211. The number of aliphatic hydroxyl groups excluding tert-OH is 3. The van der Waals surface area contributed by atoms with E-state index in [2.05, 4.69) is 41.2 Å². The number of allylic oxidation sites excluding steroid dienone is 1. The number of carboxylic acids is 1. The summed E-state index contributed by atoms with van der Waals surface area (Å²) >= 11 is 0. The second-order valence-corrected chi connectivity index (χ2v) is 14.9. The zero-order valence-electron chi connectivity index (χ0n) is 23.4. The molecule has 5 saturated carbocycles. The Kier molecular flexibility index (Phi) is 5.97. The van der Waals surface area contributed by atoms with E-state index in [0.717, 1.165) is 38.5 Å². The van der Waals surface area contributed by atoms with Crippen molar-refractivity contribution in [3.63, 3.8) is 0 Å². The number of rotatable bonds is 6. The first-order valence-corrected chi connectivity index (χ1v) is 14.6. The number of aliphatic hydroxyl groups is 3. The van der Waals surface area contributed by atoms with Gasteiger partial charge in [-0.1, -0.05) is 46.8 Å². The number of hydrogen-bond acceptors (Lipinski definition) is 4. The van der Waals surface area contributed by atoms with Crippen LogP contribution in [0.15, 0.2) is 12.2 Å². The van der Waals surface area contributed by atoms with Crippen LogP contribution in [0, 0.1) is 56.7 Å². The van der Waals surface area contributed by atoms with E-state index in [-0.39, 0.29) is 45.5 Å². The zero-order valence-corrected chi connectivity index (χ0v) is 23.4. The van der Waals surface area contributed by atoms with Crippen molar-refractivity contribution in [3.8, 4) is 0 Å². The molecular weight excluding hydrogens is 452 g/mol. The number of carboxylic acid groups (broad SMARTS) is 1. The predicted molar refractivity (Wildman–Crippen MR) is 140 cm³/mol. The van der Waals surface area contributed by atoms with E-state index < -0.39 is 23.6 Å². The van der Waals surface area contributed by atoms with Crippen molar-refractivity contribution in [2.24, 2.45) is 56.7 Å². The third-order valence-corrected chi connectivity index (χ3v) is 13.6. The fourth-order valence-corrected chi connectivity index (χ4v) is 11.4. The van der Waals surface area contributed by atoms with E-state index in [1.165, 1.54) is 5.57 Å². The summed E-state index contributed by atoms with van der Waals surface area (Å²) in [6, 6.07) is 0. The number of aliphatic carboxylic acids is 1. The molecule has 5 heteroatoms. The summed E-state index contributed by atoms with van der Waals surface area (Å²) in [5.41, 5.74) is -0.355. The van der Waals surface area contributed by atoms with Crippen LogP contribution in [0.5, 0.6) is 0 Å². The second kappa shape index (κ2) is 8.05. The quantitative estimate of drug-likeness (QED) is 0.364. The summed E-state index contributed by atoms with van der Waals surface area (Å²) in [7, 11) is 0. The Hall–Kier alpha value is -0.910. The summed E-state index contributed by atoms with van der Waals surface area (Å²) in [5, 5.41) is 44.5. The molecule has 0 saturated heterocycles. The molecule has 5 rings (SSSR count). The molecule has 2 spiro atoms.